The van der Waals surface area contributed by atoms with Crippen LogP contribution >= 0.6 is 0 Å². The second kappa shape index (κ2) is 4.50. The van der Waals surface area contributed by atoms with E-state index in [0.29, 0.717) is 0 Å². The van der Waals surface area contributed by atoms with Crippen molar-refractivity contribution in [1.29, 1.82) is 0 Å². The number of methoxy groups -OCH3 is 1. The highest BCUT2D eigenvalue weighted by atomic mass is 16.5. The molecule has 0 spiro atoms. The van der Waals surface area contributed by atoms with E-state index in [2.05, 4.69) is 19.1 Å². The zero-order chi connectivity index (χ0) is 12.4. The van der Waals surface area contributed by atoms with Crippen LogP contribution in [0.1, 0.15) is 11.1 Å². The smallest absolute Gasteiger partial charge is 0.126 e. The lowest BCUT2D eigenvalue weighted by Gasteiger charge is -2.11. The van der Waals surface area contributed by atoms with Gasteiger partial charge in [0.25, 0.3) is 0 Å². The molecule has 2 rings (SSSR count). The van der Waals surface area contributed by atoms with E-state index in [1.807, 2.05) is 31.2 Å². The third kappa shape index (κ3) is 2.41. The van der Waals surface area contributed by atoms with Crippen molar-refractivity contribution in [2.45, 2.75) is 13.8 Å². The second-order valence-electron chi connectivity index (χ2n) is 4.34. The topological polar surface area (TPSA) is 35.2 Å². The summed E-state index contributed by atoms with van der Waals surface area (Å²) >= 11 is 0. The van der Waals surface area contributed by atoms with Crippen molar-refractivity contribution < 1.29 is 4.74 Å². The Morgan fingerprint density at radius 3 is 2.35 bits per heavy atom. The van der Waals surface area contributed by atoms with Gasteiger partial charge in [0.05, 0.1) is 7.11 Å². The number of nitrogen functional groups attached to an aromatic ring is 1. The first-order valence-corrected chi connectivity index (χ1v) is 5.62. The van der Waals surface area contributed by atoms with Crippen molar-refractivity contribution in [2.75, 3.05) is 12.8 Å². The first-order valence-electron chi connectivity index (χ1n) is 5.62. The van der Waals surface area contributed by atoms with Crippen molar-refractivity contribution >= 4 is 5.69 Å². The molecule has 0 fully saturated rings. The van der Waals surface area contributed by atoms with Crippen LogP contribution in [0, 0.1) is 13.8 Å². The van der Waals surface area contributed by atoms with Crippen LogP contribution in [-0.4, -0.2) is 7.11 Å². The van der Waals surface area contributed by atoms with Crippen LogP contribution in [0.15, 0.2) is 36.4 Å². The van der Waals surface area contributed by atoms with Gasteiger partial charge in [0.2, 0.25) is 0 Å². The van der Waals surface area contributed by atoms with E-state index in [9.17, 15) is 0 Å². The van der Waals surface area contributed by atoms with Gasteiger partial charge in [-0.05, 0) is 49.2 Å². The SMILES string of the molecule is COc1ccc(C)cc1-c1cc(C)cc(N)c1. The van der Waals surface area contributed by atoms with Crippen LogP contribution in [0.3, 0.4) is 0 Å². The number of rotatable bonds is 2. The number of hydrogen-bond acceptors (Lipinski definition) is 2. The Bertz CT molecular complexity index is 526. The summed E-state index contributed by atoms with van der Waals surface area (Å²) < 4.78 is 5.39. The van der Waals surface area contributed by atoms with Crippen LogP contribution in [0.5, 0.6) is 5.75 Å². The second-order valence-corrected chi connectivity index (χ2v) is 4.34. The molecule has 0 aliphatic carbocycles. The minimum atomic E-state index is 0.781. The minimum absolute atomic E-state index is 0.781. The first kappa shape index (κ1) is 11.5. The molecular formula is C15H17NO. The monoisotopic (exact) mass is 227 g/mol. The summed E-state index contributed by atoms with van der Waals surface area (Å²) in [4.78, 5) is 0. The lowest BCUT2D eigenvalue weighted by molar-refractivity contribution is 0.416. The van der Waals surface area contributed by atoms with Crippen LogP contribution in [-0.2, 0) is 0 Å². The third-order valence-electron chi connectivity index (χ3n) is 2.77. The van der Waals surface area contributed by atoms with E-state index in [4.69, 9.17) is 10.5 Å². The summed E-state index contributed by atoms with van der Waals surface area (Å²) in [6, 6.07) is 12.2. The average molecular weight is 227 g/mol. The van der Waals surface area contributed by atoms with Crippen molar-refractivity contribution in [1.82, 2.24) is 0 Å². The van der Waals surface area contributed by atoms with Gasteiger partial charge >= 0.3 is 0 Å². The standard InChI is InChI=1S/C15H17NO/c1-10-4-5-15(17-3)14(8-10)12-6-11(2)7-13(16)9-12/h4-9H,16H2,1-3H3. The Hall–Kier alpha value is -1.96. The van der Waals surface area contributed by atoms with E-state index in [1.165, 1.54) is 5.56 Å². The molecule has 0 unspecified atom stereocenters. The molecule has 88 valence electrons. The van der Waals surface area contributed by atoms with Gasteiger partial charge in [0.15, 0.2) is 0 Å². The number of hydrogen-bond donors (Lipinski definition) is 1. The molecule has 2 aromatic rings. The molecule has 0 atom stereocenters. The van der Waals surface area contributed by atoms with Gasteiger partial charge in [0.1, 0.15) is 5.75 Å². The summed E-state index contributed by atoms with van der Waals surface area (Å²) in [5, 5.41) is 0. The van der Waals surface area contributed by atoms with Gasteiger partial charge in [0, 0.05) is 11.3 Å². The molecule has 0 amide bonds. The molecule has 0 aromatic heterocycles. The van der Waals surface area contributed by atoms with Crippen LogP contribution < -0.4 is 10.5 Å². The van der Waals surface area contributed by atoms with E-state index >= 15 is 0 Å². The van der Waals surface area contributed by atoms with Crippen molar-refractivity contribution in [2.24, 2.45) is 0 Å². The zero-order valence-electron chi connectivity index (χ0n) is 10.4. The maximum atomic E-state index is 5.89. The van der Waals surface area contributed by atoms with E-state index in [0.717, 1.165) is 28.1 Å². The summed E-state index contributed by atoms with van der Waals surface area (Å²) in [7, 11) is 1.69. The predicted molar refractivity (Wildman–Crippen MR) is 72.3 cm³/mol. The zero-order valence-corrected chi connectivity index (χ0v) is 10.4. The van der Waals surface area contributed by atoms with E-state index < -0.39 is 0 Å². The molecule has 0 aliphatic rings. The normalized spacial score (nSPS) is 10.3. The summed E-state index contributed by atoms with van der Waals surface area (Å²) in [6.07, 6.45) is 0. The highest BCUT2D eigenvalue weighted by Crippen LogP contribution is 2.32. The lowest BCUT2D eigenvalue weighted by Crippen LogP contribution is -1.92. The molecule has 0 bridgehead atoms. The molecule has 2 heteroatoms. The highest BCUT2D eigenvalue weighted by molar-refractivity contribution is 5.74. The van der Waals surface area contributed by atoms with Gasteiger partial charge in [-0.1, -0.05) is 17.7 Å². The Kier molecular flexibility index (Phi) is 3.05. The Morgan fingerprint density at radius 1 is 0.941 bits per heavy atom. The third-order valence-corrected chi connectivity index (χ3v) is 2.77. The summed E-state index contributed by atoms with van der Waals surface area (Å²) in [5.74, 6) is 0.876. The van der Waals surface area contributed by atoms with Gasteiger partial charge in [-0.15, -0.1) is 0 Å². The molecule has 0 saturated carbocycles. The van der Waals surface area contributed by atoms with Crippen molar-refractivity contribution in [3.8, 4) is 16.9 Å². The Balaban J connectivity index is 2.62. The fraction of sp³-hybridized carbons (Fsp3) is 0.200. The number of anilines is 1. The predicted octanol–water partition coefficient (Wildman–Crippen LogP) is 3.56. The molecule has 0 aliphatic heterocycles. The fourth-order valence-electron chi connectivity index (χ4n) is 2.02. The number of nitrogens with two attached hydrogens (primary N) is 1. The summed E-state index contributed by atoms with van der Waals surface area (Å²) in [6.45, 7) is 4.12. The maximum Gasteiger partial charge on any atom is 0.126 e. The first-order chi connectivity index (χ1) is 8.10. The maximum absolute atomic E-state index is 5.89. The van der Waals surface area contributed by atoms with Crippen LogP contribution in [0.25, 0.3) is 11.1 Å². The number of ether oxygens (including phenoxy) is 1. The van der Waals surface area contributed by atoms with Gasteiger partial charge in [-0.3, -0.25) is 0 Å². The molecule has 0 heterocycles. The fourth-order valence-corrected chi connectivity index (χ4v) is 2.02. The Labute approximate surface area is 102 Å². The van der Waals surface area contributed by atoms with E-state index in [1.54, 1.807) is 7.11 Å². The van der Waals surface area contributed by atoms with E-state index in [-0.39, 0.29) is 0 Å². The summed E-state index contributed by atoms with van der Waals surface area (Å²) in [5.41, 5.74) is 11.2. The van der Waals surface area contributed by atoms with Crippen molar-refractivity contribution in [3.63, 3.8) is 0 Å². The average Bonchev–Trinajstić information content (AvgIpc) is 2.27. The van der Waals surface area contributed by atoms with Gasteiger partial charge in [-0.25, -0.2) is 0 Å². The molecule has 2 nitrogen and oxygen atoms in total. The number of aryl methyl sites for hydroxylation is 2. The molecule has 2 aromatic carbocycles. The van der Waals surface area contributed by atoms with Gasteiger partial charge < -0.3 is 10.5 Å². The van der Waals surface area contributed by atoms with Gasteiger partial charge in [-0.2, -0.15) is 0 Å². The molecule has 2 N–H and O–H groups in total. The van der Waals surface area contributed by atoms with Crippen molar-refractivity contribution in [3.05, 3.63) is 47.5 Å². The quantitative estimate of drug-likeness (QED) is 0.796. The molecule has 0 saturated heterocycles. The largest absolute Gasteiger partial charge is 0.496 e. The molecular weight excluding hydrogens is 210 g/mol. The number of benzene rings is 2. The molecule has 0 radical (unpaired) electrons. The van der Waals surface area contributed by atoms with Crippen LogP contribution in [0.2, 0.25) is 0 Å². The molecule has 17 heavy (non-hydrogen) atoms. The van der Waals surface area contributed by atoms with Crippen LogP contribution in [0.4, 0.5) is 5.69 Å². The highest BCUT2D eigenvalue weighted by Gasteiger charge is 2.07. The Morgan fingerprint density at radius 2 is 1.71 bits per heavy atom. The lowest BCUT2D eigenvalue weighted by atomic mass is 10.00. The minimum Gasteiger partial charge on any atom is -0.496 e.